The van der Waals surface area contributed by atoms with Crippen LogP contribution in [0.3, 0.4) is 0 Å². The number of esters is 1. The summed E-state index contributed by atoms with van der Waals surface area (Å²) >= 11 is 0. The monoisotopic (exact) mass is 502 g/mol. The fourth-order valence-electron chi connectivity index (χ4n) is 6.86. The quantitative estimate of drug-likeness (QED) is 0.331. The number of piperidine rings is 1. The average molecular weight is 503 g/mol. The molecule has 2 aromatic rings. The molecule has 0 N–H and O–H groups in total. The molecule has 1 saturated heterocycles. The molecule has 0 unspecified atom stereocenters. The van der Waals surface area contributed by atoms with Crippen LogP contribution in [-0.2, 0) is 10.2 Å². The predicted molar refractivity (Wildman–Crippen MR) is 147 cm³/mol. The summed E-state index contributed by atoms with van der Waals surface area (Å²) in [5, 5.41) is 0. The van der Waals surface area contributed by atoms with E-state index in [2.05, 4.69) is 35.8 Å². The molecule has 3 fully saturated rings. The van der Waals surface area contributed by atoms with Crippen LogP contribution in [0.4, 0.5) is 0 Å². The Morgan fingerprint density at radius 2 is 1.84 bits per heavy atom. The minimum atomic E-state index is -0.288. The Morgan fingerprint density at radius 1 is 1.05 bits per heavy atom. The molecule has 198 valence electrons. The number of rotatable bonds is 8. The highest BCUT2D eigenvalue weighted by molar-refractivity contribution is 5.94. The Morgan fingerprint density at radius 3 is 2.54 bits per heavy atom. The minimum absolute atomic E-state index is 0.0225. The van der Waals surface area contributed by atoms with Gasteiger partial charge in [-0.05, 0) is 92.7 Å². The lowest BCUT2D eigenvalue weighted by Crippen LogP contribution is -2.57. The SMILES string of the molecule is CC(=O)Oc1cccc([C@@]23CCN(CC4CC4)C[C@H]2CC[C@H](N(CC(C)C)C(=O)c2ccccc2)C3)c1. The first-order chi connectivity index (χ1) is 17.8. The molecule has 5 rings (SSSR count). The number of benzene rings is 2. The van der Waals surface area contributed by atoms with Crippen molar-refractivity contribution in [2.75, 3.05) is 26.2 Å². The number of likely N-dealkylation sites (tertiary alicyclic amines) is 1. The van der Waals surface area contributed by atoms with Crippen LogP contribution in [0, 0.1) is 17.8 Å². The Labute approximate surface area is 222 Å². The van der Waals surface area contributed by atoms with Gasteiger partial charge in [-0.3, -0.25) is 9.59 Å². The van der Waals surface area contributed by atoms with Crippen molar-refractivity contribution in [1.29, 1.82) is 0 Å². The lowest BCUT2D eigenvalue weighted by atomic mass is 9.57. The summed E-state index contributed by atoms with van der Waals surface area (Å²) in [6.45, 7) is 10.1. The molecule has 37 heavy (non-hydrogen) atoms. The van der Waals surface area contributed by atoms with Gasteiger partial charge in [0.15, 0.2) is 0 Å². The highest BCUT2D eigenvalue weighted by Gasteiger charge is 2.50. The van der Waals surface area contributed by atoms with Crippen LogP contribution in [-0.4, -0.2) is 53.9 Å². The van der Waals surface area contributed by atoms with Crippen LogP contribution in [0.5, 0.6) is 5.75 Å². The molecule has 1 amide bonds. The molecule has 3 atom stereocenters. The normalized spacial score (nSPS) is 25.9. The van der Waals surface area contributed by atoms with Crippen molar-refractivity contribution in [1.82, 2.24) is 9.80 Å². The molecule has 5 nitrogen and oxygen atoms in total. The van der Waals surface area contributed by atoms with Crippen LogP contribution < -0.4 is 4.74 Å². The molecule has 0 bridgehead atoms. The zero-order chi connectivity index (χ0) is 26.0. The highest BCUT2D eigenvalue weighted by atomic mass is 16.5. The van der Waals surface area contributed by atoms with Crippen LogP contribution in [0.15, 0.2) is 54.6 Å². The van der Waals surface area contributed by atoms with Gasteiger partial charge in [-0.15, -0.1) is 0 Å². The zero-order valence-corrected chi connectivity index (χ0v) is 22.7. The molecule has 0 spiro atoms. The van der Waals surface area contributed by atoms with Crippen molar-refractivity contribution < 1.29 is 14.3 Å². The first-order valence-corrected chi connectivity index (χ1v) is 14.2. The summed E-state index contributed by atoms with van der Waals surface area (Å²) in [6.07, 6.45) is 6.96. The lowest BCUT2D eigenvalue weighted by Gasteiger charge is -2.55. The molecule has 2 saturated carbocycles. The van der Waals surface area contributed by atoms with Crippen LogP contribution in [0.1, 0.15) is 75.2 Å². The van der Waals surface area contributed by atoms with E-state index in [1.54, 1.807) is 0 Å². The summed E-state index contributed by atoms with van der Waals surface area (Å²) in [4.78, 5) is 30.4. The number of amides is 1. The minimum Gasteiger partial charge on any atom is -0.427 e. The Hall–Kier alpha value is -2.66. The largest absolute Gasteiger partial charge is 0.427 e. The number of hydrogen-bond acceptors (Lipinski definition) is 4. The second-order valence-electron chi connectivity index (χ2n) is 12.1. The number of carbonyl (C=O) groups is 2. The van der Waals surface area contributed by atoms with Gasteiger partial charge in [-0.25, -0.2) is 0 Å². The maximum absolute atomic E-state index is 13.8. The number of nitrogens with zero attached hydrogens (tertiary/aromatic N) is 2. The van der Waals surface area contributed by atoms with Gasteiger partial charge in [0.1, 0.15) is 5.75 Å². The Balaban J connectivity index is 1.47. The third kappa shape index (κ3) is 5.93. The predicted octanol–water partition coefficient (Wildman–Crippen LogP) is 5.93. The molecular formula is C32H42N2O3. The van der Waals surface area contributed by atoms with Crippen LogP contribution in [0.25, 0.3) is 0 Å². The molecule has 2 aromatic carbocycles. The van der Waals surface area contributed by atoms with Crippen molar-refractivity contribution in [3.8, 4) is 5.75 Å². The van der Waals surface area contributed by atoms with Crippen molar-refractivity contribution in [3.63, 3.8) is 0 Å². The van der Waals surface area contributed by atoms with Crippen LogP contribution in [0.2, 0.25) is 0 Å². The van der Waals surface area contributed by atoms with E-state index in [1.807, 2.05) is 42.5 Å². The second kappa shape index (κ2) is 11.0. The number of hydrogen-bond donors (Lipinski definition) is 0. The molecule has 0 aromatic heterocycles. The highest BCUT2D eigenvalue weighted by Crippen LogP contribution is 2.51. The molecule has 2 aliphatic carbocycles. The standard InChI is InChI=1S/C32H42N2O3/c1-23(2)20-34(31(36)26-8-5-4-6-9-26)29-15-14-28-22-33(21-25-12-13-25)17-16-32(28,19-29)27-10-7-11-30(18-27)37-24(3)35/h4-11,18,23,25,28-29H,12-17,19-22H2,1-3H3/t28-,29+,32+/m1/s1. The van der Waals surface area contributed by atoms with Gasteiger partial charge in [0, 0.05) is 43.6 Å². The smallest absolute Gasteiger partial charge is 0.308 e. The van der Waals surface area contributed by atoms with E-state index in [0.717, 1.165) is 56.8 Å². The number of carbonyl (C=O) groups excluding carboxylic acids is 2. The summed E-state index contributed by atoms with van der Waals surface area (Å²) in [5.74, 6) is 2.31. The Bertz CT molecular complexity index is 1100. The van der Waals surface area contributed by atoms with E-state index in [-0.39, 0.29) is 23.3 Å². The number of fused-ring (bicyclic) bond motifs is 1. The fourth-order valence-corrected chi connectivity index (χ4v) is 6.86. The van der Waals surface area contributed by atoms with Crippen molar-refractivity contribution >= 4 is 11.9 Å². The van der Waals surface area contributed by atoms with E-state index in [1.165, 1.54) is 31.9 Å². The molecular weight excluding hydrogens is 460 g/mol. The third-order valence-electron chi connectivity index (χ3n) is 8.75. The number of ether oxygens (including phenoxy) is 1. The second-order valence-corrected chi connectivity index (χ2v) is 12.1. The van der Waals surface area contributed by atoms with E-state index >= 15 is 0 Å². The molecule has 3 aliphatic rings. The van der Waals surface area contributed by atoms with Crippen molar-refractivity contribution in [2.24, 2.45) is 17.8 Å². The molecule has 5 heteroatoms. The van der Waals surface area contributed by atoms with Crippen LogP contribution >= 0.6 is 0 Å². The van der Waals surface area contributed by atoms with E-state index in [4.69, 9.17) is 4.74 Å². The third-order valence-corrected chi connectivity index (χ3v) is 8.75. The zero-order valence-electron chi connectivity index (χ0n) is 22.7. The van der Waals surface area contributed by atoms with Gasteiger partial charge >= 0.3 is 5.97 Å². The topological polar surface area (TPSA) is 49.9 Å². The summed E-state index contributed by atoms with van der Waals surface area (Å²) in [6, 6.07) is 18.2. The molecule has 1 aliphatic heterocycles. The molecule has 1 heterocycles. The first-order valence-electron chi connectivity index (χ1n) is 14.2. The van der Waals surface area contributed by atoms with Gasteiger partial charge in [-0.1, -0.05) is 44.2 Å². The van der Waals surface area contributed by atoms with Crippen molar-refractivity contribution in [2.45, 2.75) is 70.8 Å². The summed E-state index contributed by atoms with van der Waals surface area (Å²) in [5.41, 5.74) is 2.02. The average Bonchev–Trinajstić information content (AvgIpc) is 3.71. The van der Waals surface area contributed by atoms with Gasteiger partial charge in [0.05, 0.1) is 0 Å². The summed E-state index contributed by atoms with van der Waals surface area (Å²) < 4.78 is 5.51. The van der Waals surface area contributed by atoms with Crippen molar-refractivity contribution in [3.05, 3.63) is 65.7 Å². The van der Waals surface area contributed by atoms with Gasteiger partial charge in [0.2, 0.25) is 0 Å². The van der Waals surface area contributed by atoms with E-state index in [0.29, 0.717) is 17.6 Å². The first kappa shape index (κ1) is 26.0. The summed E-state index contributed by atoms with van der Waals surface area (Å²) in [7, 11) is 0. The van der Waals surface area contributed by atoms with E-state index < -0.39 is 0 Å². The Kier molecular flexibility index (Phi) is 7.71. The van der Waals surface area contributed by atoms with Gasteiger partial charge in [0.25, 0.3) is 5.91 Å². The van der Waals surface area contributed by atoms with Gasteiger partial charge < -0.3 is 14.5 Å². The maximum atomic E-state index is 13.8. The van der Waals surface area contributed by atoms with E-state index in [9.17, 15) is 9.59 Å². The maximum Gasteiger partial charge on any atom is 0.308 e. The molecule has 0 radical (unpaired) electrons. The van der Waals surface area contributed by atoms with Gasteiger partial charge in [-0.2, -0.15) is 0 Å². The fraction of sp³-hybridized carbons (Fsp3) is 0.562. The lowest BCUT2D eigenvalue weighted by molar-refractivity contribution is -0.131.